The maximum atomic E-state index is 8.74. The number of fused-ring (bicyclic) bond motifs is 1. The lowest BCUT2D eigenvalue weighted by Gasteiger charge is -2.57. The van der Waals surface area contributed by atoms with Crippen molar-refractivity contribution in [3.8, 4) is 0 Å². The maximum absolute atomic E-state index is 8.74. The van der Waals surface area contributed by atoms with E-state index in [0.717, 1.165) is 30.4 Å². The quantitative estimate of drug-likeness (QED) is 0.236. The van der Waals surface area contributed by atoms with Gasteiger partial charge >= 0.3 is 0 Å². The predicted molar refractivity (Wildman–Crippen MR) is 108 cm³/mol. The van der Waals surface area contributed by atoms with Crippen molar-refractivity contribution in [2.45, 2.75) is 92.9 Å². The fraction of sp³-hybridized carbons (Fsp3) is 0.783. The summed E-state index contributed by atoms with van der Waals surface area (Å²) in [6.45, 7) is 14.1. The van der Waals surface area contributed by atoms with Crippen molar-refractivity contribution in [2.24, 2.45) is 27.8 Å². The van der Waals surface area contributed by atoms with Crippen LogP contribution in [0.4, 0.5) is 0 Å². The zero-order valence-electron chi connectivity index (χ0n) is 17.4. The van der Waals surface area contributed by atoms with Crippen molar-refractivity contribution in [1.29, 1.82) is 0 Å². The van der Waals surface area contributed by atoms with E-state index in [1.165, 1.54) is 44.1 Å². The second-order valence-corrected chi connectivity index (χ2v) is 9.60. The SMILES string of the molecule is CC1=CC[C@@H]2C(C)(C)CCC[C@@]2(C)[C@@H]1CC/C(C)=C\CCC(C)=NO. The van der Waals surface area contributed by atoms with Gasteiger partial charge in [-0.25, -0.2) is 0 Å². The fourth-order valence-corrected chi connectivity index (χ4v) is 5.75. The second-order valence-electron chi connectivity index (χ2n) is 9.60. The van der Waals surface area contributed by atoms with Gasteiger partial charge in [0.1, 0.15) is 0 Å². The lowest BCUT2D eigenvalue weighted by molar-refractivity contribution is -0.0390. The summed E-state index contributed by atoms with van der Waals surface area (Å²) in [5.41, 5.74) is 4.89. The monoisotopic (exact) mass is 345 g/mol. The lowest BCUT2D eigenvalue weighted by atomic mass is 9.48. The summed E-state index contributed by atoms with van der Waals surface area (Å²) in [6, 6.07) is 0. The third kappa shape index (κ3) is 4.57. The molecule has 0 aromatic rings. The van der Waals surface area contributed by atoms with E-state index in [2.05, 4.69) is 51.9 Å². The molecule has 0 unspecified atom stereocenters. The highest BCUT2D eigenvalue weighted by Gasteiger charge is 2.51. The lowest BCUT2D eigenvalue weighted by Crippen LogP contribution is -2.48. The summed E-state index contributed by atoms with van der Waals surface area (Å²) in [4.78, 5) is 0. The number of nitrogens with zero attached hydrogens (tertiary/aromatic N) is 1. The molecule has 2 aliphatic rings. The molecule has 2 rings (SSSR count). The van der Waals surface area contributed by atoms with Crippen LogP contribution in [0.5, 0.6) is 0 Å². The number of oxime groups is 1. The van der Waals surface area contributed by atoms with Crippen LogP contribution in [0.15, 0.2) is 28.5 Å². The van der Waals surface area contributed by atoms with Gasteiger partial charge in [0.05, 0.1) is 5.71 Å². The van der Waals surface area contributed by atoms with Crippen LogP contribution in [-0.2, 0) is 0 Å². The Balaban J connectivity index is 2.03. The highest BCUT2D eigenvalue weighted by molar-refractivity contribution is 5.81. The molecule has 0 amide bonds. The summed E-state index contributed by atoms with van der Waals surface area (Å²) in [5, 5.41) is 12.0. The molecule has 25 heavy (non-hydrogen) atoms. The Morgan fingerprint density at radius 3 is 2.64 bits per heavy atom. The molecule has 0 heterocycles. The summed E-state index contributed by atoms with van der Waals surface area (Å²) in [5.74, 6) is 1.56. The Morgan fingerprint density at radius 2 is 1.96 bits per heavy atom. The zero-order valence-corrected chi connectivity index (χ0v) is 17.4. The molecule has 0 spiro atoms. The van der Waals surface area contributed by atoms with Crippen LogP contribution in [0.1, 0.15) is 92.9 Å². The maximum Gasteiger partial charge on any atom is 0.0543 e. The Hall–Kier alpha value is -1.05. The van der Waals surface area contributed by atoms with Gasteiger partial charge in [-0.3, -0.25) is 0 Å². The largest absolute Gasteiger partial charge is 0.411 e. The van der Waals surface area contributed by atoms with Crippen LogP contribution in [-0.4, -0.2) is 10.9 Å². The van der Waals surface area contributed by atoms with E-state index in [0.29, 0.717) is 10.8 Å². The van der Waals surface area contributed by atoms with Gasteiger partial charge in [-0.05, 0) is 88.4 Å². The first-order chi connectivity index (χ1) is 11.7. The van der Waals surface area contributed by atoms with Crippen molar-refractivity contribution in [3.63, 3.8) is 0 Å². The predicted octanol–water partition coefficient (Wildman–Crippen LogP) is 7.14. The molecule has 0 radical (unpaired) electrons. The fourth-order valence-electron chi connectivity index (χ4n) is 5.75. The van der Waals surface area contributed by atoms with Gasteiger partial charge in [-0.15, -0.1) is 0 Å². The van der Waals surface area contributed by atoms with Crippen molar-refractivity contribution < 1.29 is 5.21 Å². The van der Waals surface area contributed by atoms with Gasteiger partial charge in [0.25, 0.3) is 0 Å². The zero-order chi connectivity index (χ0) is 18.7. The number of allylic oxidation sites excluding steroid dienone is 4. The second kappa shape index (κ2) is 8.10. The third-order valence-corrected chi connectivity index (χ3v) is 7.29. The van der Waals surface area contributed by atoms with E-state index < -0.39 is 0 Å². The van der Waals surface area contributed by atoms with Crippen molar-refractivity contribution in [3.05, 3.63) is 23.3 Å². The molecule has 1 fully saturated rings. The first kappa shape index (κ1) is 20.3. The first-order valence-electron chi connectivity index (χ1n) is 10.2. The highest BCUT2D eigenvalue weighted by atomic mass is 16.4. The van der Waals surface area contributed by atoms with E-state index in [1.54, 1.807) is 5.57 Å². The molecule has 0 aromatic heterocycles. The molecule has 0 saturated heterocycles. The van der Waals surface area contributed by atoms with Crippen LogP contribution in [0.3, 0.4) is 0 Å². The molecule has 3 atom stereocenters. The summed E-state index contributed by atoms with van der Waals surface area (Å²) in [6.07, 6.45) is 14.6. The average Bonchev–Trinajstić information content (AvgIpc) is 2.53. The van der Waals surface area contributed by atoms with Gasteiger partial charge in [-0.1, -0.05) is 55.6 Å². The van der Waals surface area contributed by atoms with Gasteiger partial charge in [0.15, 0.2) is 0 Å². The van der Waals surface area contributed by atoms with Gasteiger partial charge in [-0.2, -0.15) is 0 Å². The van der Waals surface area contributed by atoms with Crippen molar-refractivity contribution >= 4 is 5.71 Å². The smallest absolute Gasteiger partial charge is 0.0543 e. The minimum absolute atomic E-state index is 0.473. The molecule has 1 saturated carbocycles. The molecular weight excluding hydrogens is 306 g/mol. The third-order valence-electron chi connectivity index (χ3n) is 7.29. The van der Waals surface area contributed by atoms with Crippen LogP contribution in [0.2, 0.25) is 0 Å². The summed E-state index contributed by atoms with van der Waals surface area (Å²) >= 11 is 0. The highest BCUT2D eigenvalue weighted by Crippen LogP contribution is 2.60. The molecule has 0 aliphatic heterocycles. The molecule has 1 N–H and O–H groups in total. The van der Waals surface area contributed by atoms with E-state index in [4.69, 9.17) is 5.21 Å². The van der Waals surface area contributed by atoms with E-state index in [1.807, 2.05) is 6.92 Å². The van der Waals surface area contributed by atoms with Gasteiger partial charge in [0.2, 0.25) is 0 Å². The number of hydrogen-bond acceptors (Lipinski definition) is 2. The van der Waals surface area contributed by atoms with Gasteiger partial charge < -0.3 is 5.21 Å². The average molecular weight is 346 g/mol. The Morgan fingerprint density at radius 1 is 1.24 bits per heavy atom. The van der Waals surface area contributed by atoms with Crippen LogP contribution in [0.25, 0.3) is 0 Å². The molecular formula is C23H39NO. The van der Waals surface area contributed by atoms with Crippen molar-refractivity contribution in [2.75, 3.05) is 0 Å². The van der Waals surface area contributed by atoms with Crippen LogP contribution >= 0.6 is 0 Å². The normalized spacial score (nSPS) is 33.0. The Kier molecular flexibility index (Phi) is 6.56. The van der Waals surface area contributed by atoms with Crippen LogP contribution in [0, 0.1) is 22.7 Å². The molecule has 0 bridgehead atoms. The molecule has 2 aliphatic carbocycles. The first-order valence-corrected chi connectivity index (χ1v) is 10.2. The summed E-state index contributed by atoms with van der Waals surface area (Å²) < 4.78 is 0. The minimum Gasteiger partial charge on any atom is -0.411 e. The number of hydrogen-bond donors (Lipinski definition) is 1. The number of rotatable bonds is 6. The van der Waals surface area contributed by atoms with E-state index in [9.17, 15) is 0 Å². The van der Waals surface area contributed by atoms with E-state index in [-0.39, 0.29) is 0 Å². The van der Waals surface area contributed by atoms with Crippen LogP contribution < -0.4 is 0 Å². The van der Waals surface area contributed by atoms with Gasteiger partial charge in [0, 0.05) is 0 Å². The standard InChI is InChI=1S/C23H39NO/c1-17(9-7-10-19(3)24-25)11-13-20-18(2)12-14-21-22(4,5)15-8-16-23(20,21)6/h9,12,20-21,25H,7-8,10-11,13-16H2,1-6H3/b17-9-,24-19?/t20-,21-,23+/m1/s1. The van der Waals surface area contributed by atoms with Crippen molar-refractivity contribution in [1.82, 2.24) is 0 Å². The summed E-state index contributed by atoms with van der Waals surface area (Å²) in [7, 11) is 0. The molecule has 2 nitrogen and oxygen atoms in total. The Labute approximate surface area is 155 Å². The molecule has 142 valence electrons. The molecule has 0 aromatic carbocycles. The Bertz CT molecular complexity index is 554. The molecule has 2 heteroatoms. The minimum atomic E-state index is 0.473. The van der Waals surface area contributed by atoms with E-state index >= 15 is 0 Å². The topological polar surface area (TPSA) is 32.6 Å².